The summed E-state index contributed by atoms with van der Waals surface area (Å²) in [4.78, 5) is 29.2. The van der Waals surface area contributed by atoms with Gasteiger partial charge in [-0.15, -0.1) is 0 Å². The summed E-state index contributed by atoms with van der Waals surface area (Å²) in [5.41, 5.74) is 2.05. The van der Waals surface area contributed by atoms with Crippen molar-refractivity contribution < 1.29 is 18.0 Å². The Labute approximate surface area is 247 Å². The van der Waals surface area contributed by atoms with Crippen LogP contribution in [0.25, 0.3) is 0 Å². The van der Waals surface area contributed by atoms with Crippen molar-refractivity contribution in [1.29, 1.82) is 0 Å². The van der Waals surface area contributed by atoms with Gasteiger partial charge in [0.2, 0.25) is 21.8 Å². The van der Waals surface area contributed by atoms with E-state index in [0.29, 0.717) is 10.2 Å². The molecule has 0 aromatic heterocycles. The van der Waals surface area contributed by atoms with Gasteiger partial charge in [-0.2, -0.15) is 0 Å². The SMILES string of the molecule is CCC(C)NC(=O)C(Cc1ccccc1)N(Cc1ccc(Br)cc1)C(=O)CN(c1ccccc1Br)S(C)(=O)=O. The predicted molar refractivity (Wildman–Crippen MR) is 163 cm³/mol. The highest BCUT2D eigenvalue weighted by atomic mass is 79.9. The van der Waals surface area contributed by atoms with Crippen molar-refractivity contribution in [3.8, 4) is 0 Å². The van der Waals surface area contributed by atoms with Crippen LogP contribution in [0.1, 0.15) is 31.4 Å². The van der Waals surface area contributed by atoms with Crippen molar-refractivity contribution in [2.24, 2.45) is 0 Å². The van der Waals surface area contributed by atoms with Gasteiger partial charge in [0.15, 0.2) is 0 Å². The second-order valence-electron chi connectivity index (χ2n) is 9.39. The van der Waals surface area contributed by atoms with Crippen molar-refractivity contribution in [2.75, 3.05) is 17.1 Å². The second kappa shape index (κ2) is 14.1. The van der Waals surface area contributed by atoms with Gasteiger partial charge in [0.1, 0.15) is 12.6 Å². The molecule has 2 atom stereocenters. The molecule has 0 saturated carbocycles. The lowest BCUT2D eigenvalue weighted by Gasteiger charge is -2.34. The number of sulfonamides is 1. The fraction of sp³-hybridized carbons (Fsp3) is 0.310. The minimum absolute atomic E-state index is 0.0896. The molecule has 0 heterocycles. The van der Waals surface area contributed by atoms with Crippen LogP contribution in [0.2, 0.25) is 0 Å². The quantitative estimate of drug-likeness (QED) is 0.273. The number of rotatable bonds is 12. The Bertz CT molecular complexity index is 1370. The van der Waals surface area contributed by atoms with Gasteiger partial charge >= 0.3 is 0 Å². The fourth-order valence-electron chi connectivity index (χ4n) is 4.03. The van der Waals surface area contributed by atoms with E-state index in [9.17, 15) is 18.0 Å². The Hall–Kier alpha value is -2.69. The largest absolute Gasteiger partial charge is 0.352 e. The lowest BCUT2D eigenvalue weighted by Crippen LogP contribution is -2.54. The van der Waals surface area contributed by atoms with E-state index in [1.54, 1.807) is 24.3 Å². The van der Waals surface area contributed by atoms with E-state index in [1.165, 1.54) is 4.90 Å². The molecule has 7 nitrogen and oxygen atoms in total. The molecule has 208 valence electrons. The maximum Gasteiger partial charge on any atom is 0.244 e. The first-order valence-corrected chi connectivity index (χ1v) is 16.0. The number of hydrogen-bond donors (Lipinski definition) is 1. The molecule has 1 N–H and O–H groups in total. The van der Waals surface area contributed by atoms with E-state index in [2.05, 4.69) is 37.2 Å². The molecule has 2 amide bonds. The summed E-state index contributed by atoms with van der Waals surface area (Å²) in [6, 6.07) is 22.9. The van der Waals surface area contributed by atoms with Gasteiger partial charge in [-0.1, -0.05) is 77.5 Å². The van der Waals surface area contributed by atoms with Crippen molar-refractivity contribution in [3.05, 3.63) is 98.9 Å². The summed E-state index contributed by atoms with van der Waals surface area (Å²) in [7, 11) is -3.83. The number of amides is 2. The lowest BCUT2D eigenvalue weighted by atomic mass is 10.0. The zero-order valence-electron chi connectivity index (χ0n) is 22.2. The number of para-hydroxylation sites is 1. The van der Waals surface area contributed by atoms with Crippen LogP contribution < -0.4 is 9.62 Å². The minimum Gasteiger partial charge on any atom is -0.352 e. The molecule has 0 aliphatic rings. The zero-order chi connectivity index (χ0) is 28.6. The molecule has 0 spiro atoms. The van der Waals surface area contributed by atoms with Crippen LogP contribution in [0, 0.1) is 0 Å². The summed E-state index contributed by atoms with van der Waals surface area (Å²) < 4.78 is 28.2. The molecule has 39 heavy (non-hydrogen) atoms. The number of carbonyl (C=O) groups is 2. The normalized spacial score (nSPS) is 12.8. The lowest BCUT2D eigenvalue weighted by molar-refractivity contribution is -0.140. The molecular formula is C29H33Br2N3O4S. The monoisotopic (exact) mass is 677 g/mol. The Kier molecular flexibility index (Phi) is 11.1. The van der Waals surface area contributed by atoms with E-state index in [4.69, 9.17) is 0 Å². The third-order valence-corrected chi connectivity index (χ3v) is 8.66. The van der Waals surface area contributed by atoms with Crippen LogP contribution in [0.15, 0.2) is 87.8 Å². The van der Waals surface area contributed by atoms with E-state index in [0.717, 1.165) is 32.6 Å². The van der Waals surface area contributed by atoms with Gasteiger partial charge in [-0.3, -0.25) is 13.9 Å². The van der Waals surface area contributed by atoms with Gasteiger partial charge in [0, 0.05) is 28.0 Å². The maximum absolute atomic E-state index is 14.1. The number of halogens is 2. The third-order valence-electron chi connectivity index (χ3n) is 6.34. The van der Waals surface area contributed by atoms with E-state index in [1.807, 2.05) is 68.4 Å². The van der Waals surface area contributed by atoms with Crippen LogP contribution in [-0.2, 0) is 32.6 Å². The van der Waals surface area contributed by atoms with Crippen LogP contribution >= 0.6 is 31.9 Å². The van der Waals surface area contributed by atoms with Gasteiger partial charge in [0.05, 0.1) is 11.9 Å². The van der Waals surface area contributed by atoms with Crippen molar-refractivity contribution in [1.82, 2.24) is 10.2 Å². The average molecular weight is 679 g/mol. The van der Waals surface area contributed by atoms with Crippen LogP contribution in [0.4, 0.5) is 5.69 Å². The van der Waals surface area contributed by atoms with E-state index >= 15 is 0 Å². The first-order valence-electron chi connectivity index (χ1n) is 12.6. The molecular weight excluding hydrogens is 646 g/mol. The van der Waals surface area contributed by atoms with Crippen LogP contribution in [-0.4, -0.2) is 50.0 Å². The van der Waals surface area contributed by atoms with Crippen molar-refractivity contribution in [3.63, 3.8) is 0 Å². The molecule has 2 unspecified atom stereocenters. The summed E-state index contributed by atoms with van der Waals surface area (Å²) >= 11 is 6.85. The number of anilines is 1. The third kappa shape index (κ3) is 8.91. The summed E-state index contributed by atoms with van der Waals surface area (Å²) in [6.45, 7) is 3.56. The fourth-order valence-corrected chi connectivity index (χ4v) is 5.77. The molecule has 0 fully saturated rings. The van der Waals surface area contributed by atoms with E-state index < -0.39 is 28.5 Å². The maximum atomic E-state index is 14.1. The number of benzene rings is 3. The highest BCUT2D eigenvalue weighted by molar-refractivity contribution is 9.10. The summed E-state index contributed by atoms with van der Waals surface area (Å²) in [5.74, 6) is -0.773. The van der Waals surface area contributed by atoms with Crippen molar-refractivity contribution in [2.45, 2.75) is 45.3 Å². The number of nitrogens with zero attached hydrogens (tertiary/aromatic N) is 2. The molecule has 10 heteroatoms. The topological polar surface area (TPSA) is 86.8 Å². The Morgan fingerprint density at radius 1 is 0.897 bits per heavy atom. The molecule has 3 rings (SSSR count). The second-order valence-corrected chi connectivity index (χ2v) is 13.1. The first kappa shape index (κ1) is 30.8. The number of nitrogens with one attached hydrogen (secondary N) is 1. The molecule has 0 aliphatic carbocycles. The Morgan fingerprint density at radius 2 is 1.51 bits per heavy atom. The molecule has 0 bridgehead atoms. The van der Waals surface area contributed by atoms with Crippen LogP contribution in [0.3, 0.4) is 0 Å². The average Bonchev–Trinajstić information content (AvgIpc) is 2.90. The molecule has 0 radical (unpaired) electrons. The summed E-state index contributed by atoms with van der Waals surface area (Å²) in [6.07, 6.45) is 2.07. The first-order chi connectivity index (χ1) is 18.5. The highest BCUT2D eigenvalue weighted by Crippen LogP contribution is 2.28. The summed E-state index contributed by atoms with van der Waals surface area (Å²) in [5, 5.41) is 3.02. The van der Waals surface area contributed by atoms with Gasteiger partial charge in [0.25, 0.3) is 0 Å². The van der Waals surface area contributed by atoms with Gasteiger partial charge < -0.3 is 10.2 Å². The minimum atomic E-state index is -3.83. The predicted octanol–water partition coefficient (Wildman–Crippen LogP) is 5.53. The molecule has 3 aromatic carbocycles. The Morgan fingerprint density at radius 3 is 2.10 bits per heavy atom. The Balaban J connectivity index is 2.06. The van der Waals surface area contributed by atoms with Crippen LogP contribution in [0.5, 0.6) is 0 Å². The van der Waals surface area contributed by atoms with E-state index in [-0.39, 0.29) is 24.9 Å². The van der Waals surface area contributed by atoms with Gasteiger partial charge in [-0.25, -0.2) is 8.42 Å². The molecule has 3 aromatic rings. The zero-order valence-corrected chi connectivity index (χ0v) is 26.2. The number of hydrogen-bond acceptors (Lipinski definition) is 4. The number of carbonyl (C=O) groups excluding carboxylic acids is 2. The highest BCUT2D eigenvalue weighted by Gasteiger charge is 2.33. The standard InChI is InChI=1S/C29H33Br2N3O4S/c1-4-21(2)32-29(36)27(18-22-10-6-5-7-11-22)33(19-23-14-16-24(30)17-15-23)28(35)20-34(39(3,37)38)26-13-9-8-12-25(26)31/h5-17,21,27H,4,18-20H2,1-3H3,(H,32,36). The molecule has 0 aliphatic heterocycles. The van der Waals surface area contributed by atoms with Crippen molar-refractivity contribution >= 4 is 59.4 Å². The smallest absolute Gasteiger partial charge is 0.244 e. The molecule has 0 saturated heterocycles. The van der Waals surface area contributed by atoms with Gasteiger partial charge in [-0.05, 0) is 64.7 Å².